The summed E-state index contributed by atoms with van der Waals surface area (Å²) in [5, 5.41) is 6.39. The van der Waals surface area contributed by atoms with Crippen LogP contribution in [0.2, 0.25) is 0 Å². The van der Waals surface area contributed by atoms with Crippen molar-refractivity contribution in [2.45, 2.75) is 45.1 Å². The first-order valence-corrected chi connectivity index (χ1v) is 7.30. The maximum Gasteiger partial charge on any atom is 0.147 e. The molecule has 0 radical (unpaired) electrons. The van der Waals surface area contributed by atoms with Gasteiger partial charge >= 0.3 is 0 Å². The van der Waals surface area contributed by atoms with E-state index in [1.807, 2.05) is 6.92 Å². The third-order valence-corrected chi connectivity index (χ3v) is 3.31. The number of anilines is 2. The van der Waals surface area contributed by atoms with Gasteiger partial charge in [0.2, 0.25) is 0 Å². The molecule has 5 nitrogen and oxygen atoms in total. The van der Waals surface area contributed by atoms with Gasteiger partial charge in [0.05, 0.1) is 25.1 Å². The molecule has 0 atom stereocenters. The van der Waals surface area contributed by atoms with Crippen LogP contribution in [-0.2, 0) is 4.74 Å². The zero-order valence-electron chi connectivity index (χ0n) is 11.7. The van der Waals surface area contributed by atoms with Gasteiger partial charge in [0.15, 0.2) is 0 Å². The molecule has 0 spiro atoms. The Morgan fingerprint density at radius 2 is 1.89 bits per heavy atom. The highest BCUT2D eigenvalue weighted by Gasteiger charge is 2.12. The molecule has 1 saturated carbocycles. The van der Waals surface area contributed by atoms with Crippen LogP contribution in [0.3, 0.4) is 0 Å². The van der Waals surface area contributed by atoms with Crippen molar-refractivity contribution >= 4 is 11.6 Å². The molecule has 0 saturated heterocycles. The summed E-state index contributed by atoms with van der Waals surface area (Å²) >= 11 is 0. The van der Waals surface area contributed by atoms with Crippen molar-refractivity contribution in [3.63, 3.8) is 0 Å². The second kappa shape index (κ2) is 7.94. The Hall–Kier alpha value is -1.36. The Kier molecular flexibility index (Phi) is 5.88. The van der Waals surface area contributed by atoms with Gasteiger partial charge in [0.1, 0.15) is 11.6 Å². The van der Waals surface area contributed by atoms with Gasteiger partial charge in [-0.1, -0.05) is 19.3 Å². The first-order valence-electron chi connectivity index (χ1n) is 7.30. The van der Waals surface area contributed by atoms with Gasteiger partial charge in [0.25, 0.3) is 0 Å². The maximum atomic E-state index is 5.86. The van der Waals surface area contributed by atoms with Crippen LogP contribution in [0.4, 0.5) is 11.6 Å². The van der Waals surface area contributed by atoms with E-state index in [1.54, 1.807) is 12.4 Å². The van der Waals surface area contributed by atoms with E-state index >= 15 is 0 Å². The Bertz CT molecular complexity index is 366. The van der Waals surface area contributed by atoms with Crippen molar-refractivity contribution in [3.05, 3.63) is 12.4 Å². The SMILES string of the molecule is CCNc1cncc(NCCOC2CCCCC2)n1. The predicted molar refractivity (Wildman–Crippen MR) is 77.5 cm³/mol. The second-order valence-corrected chi connectivity index (χ2v) is 4.88. The van der Waals surface area contributed by atoms with Crippen LogP contribution in [0.5, 0.6) is 0 Å². The Morgan fingerprint density at radius 3 is 2.63 bits per heavy atom. The van der Waals surface area contributed by atoms with E-state index in [1.165, 1.54) is 32.1 Å². The zero-order chi connectivity index (χ0) is 13.3. The van der Waals surface area contributed by atoms with Gasteiger partial charge in [-0.2, -0.15) is 0 Å². The van der Waals surface area contributed by atoms with Crippen LogP contribution in [0.25, 0.3) is 0 Å². The summed E-state index contributed by atoms with van der Waals surface area (Å²) < 4.78 is 5.86. The van der Waals surface area contributed by atoms with Crippen LogP contribution in [-0.4, -0.2) is 35.8 Å². The highest BCUT2D eigenvalue weighted by molar-refractivity contribution is 5.41. The number of rotatable bonds is 7. The molecule has 1 aromatic heterocycles. The molecule has 1 aliphatic rings. The Morgan fingerprint density at radius 1 is 1.16 bits per heavy atom. The Balaban J connectivity index is 1.65. The van der Waals surface area contributed by atoms with Crippen molar-refractivity contribution in [3.8, 4) is 0 Å². The minimum absolute atomic E-state index is 0.467. The molecule has 0 unspecified atom stereocenters. The van der Waals surface area contributed by atoms with E-state index in [-0.39, 0.29) is 0 Å². The summed E-state index contributed by atoms with van der Waals surface area (Å²) in [5.41, 5.74) is 0. The molecule has 1 fully saturated rings. The van der Waals surface area contributed by atoms with Gasteiger partial charge in [-0.15, -0.1) is 0 Å². The maximum absolute atomic E-state index is 5.86. The smallest absolute Gasteiger partial charge is 0.147 e. The van der Waals surface area contributed by atoms with Crippen molar-refractivity contribution < 1.29 is 4.74 Å². The highest BCUT2D eigenvalue weighted by Crippen LogP contribution is 2.19. The van der Waals surface area contributed by atoms with Crippen LogP contribution in [0.1, 0.15) is 39.0 Å². The molecule has 2 rings (SSSR count). The molecule has 0 aromatic carbocycles. The van der Waals surface area contributed by atoms with Crippen LogP contribution >= 0.6 is 0 Å². The van der Waals surface area contributed by atoms with Gasteiger partial charge < -0.3 is 15.4 Å². The van der Waals surface area contributed by atoms with Gasteiger partial charge in [-0.3, -0.25) is 4.98 Å². The topological polar surface area (TPSA) is 59.1 Å². The Labute approximate surface area is 115 Å². The summed E-state index contributed by atoms with van der Waals surface area (Å²) in [6.45, 7) is 4.40. The summed E-state index contributed by atoms with van der Waals surface area (Å²) in [7, 11) is 0. The first-order chi connectivity index (χ1) is 9.38. The average molecular weight is 264 g/mol. The number of hydrogen-bond acceptors (Lipinski definition) is 5. The number of nitrogens with zero attached hydrogens (tertiary/aromatic N) is 2. The molecule has 1 aliphatic carbocycles. The minimum Gasteiger partial charge on any atom is -0.376 e. The molecule has 1 heterocycles. The predicted octanol–water partition coefficient (Wildman–Crippen LogP) is 2.67. The van der Waals surface area contributed by atoms with Crippen LogP contribution in [0.15, 0.2) is 12.4 Å². The molecule has 0 bridgehead atoms. The van der Waals surface area contributed by atoms with Crippen molar-refractivity contribution in [2.75, 3.05) is 30.3 Å². The van der Waals surface area contributed by atoms with Crippen LogP contribution in [0, 0.1) is 0 Å². The lowest BCUT2D eigenvalue weighted by Gasteiger charge is -2.22. The summed E-state index contributed by atoms with van der Waals surface area (Å²) in [6, 6.07) is 0. The number of ether oxygens (including phenoxy) is 1. The van der Waals surface area contributed by atoms with E-state index in [4.69, 9.17) is 4.74 Å². The molecule has 19 heavy (non-hydrogen) atoms. The highest BCUT2D eigenvalue weighted by atomic mass is 16.5. The second-order valence-electron chi connectivity index (χ2n) is 4.88. The van der Waals surface area contributed by atoms with E-state index in [0.717, 1.165) is 31.3 Å². The lowest BCUT2D eigenvalue weighted by Crippen LogP contribution is -2.20. The monoisotopic (exact) mass is 264 g/mol. The summed E-state index contributed by atoms with van der Waals surface area (Å²) in [4.78, 5) is 8.55. The molecule has 5 heteroatoms. The molecular weight excluding hydrogens is 240 g/mol. The molecule has 2 N–H and O–H groups in total. The quantitative estimate of drug-likeness (QED) is 0.741. The average Bonchev–Trinajstić information content (AvgIpc) is 2.46. The third kappa shape index (κ3) is 5.03. The lowest BCUT2D eigenvalue weighted by atomic mass is 9.98. The zero-order valence-corrected chi connectivity index (χ0v) is 11.7. The normalized spacial score (nSPS) is 16.3. The molecule has 0 amide bonds. The van der Waals surface area contributed by atoms with Crippen molar-refractivity contribution in [1.82, 2.24) is 9.97 Å². The number of aromatic nitrogens is 2. The van der Waals surface area contributed by atoms with Gasteiger partial charge in [-0.25, -0.2) is 4.98 Å². The number of nitrogens with one attached hydrogen (secondary N) is 2. The fourth-order valence-corrected chi connectivity index (χ4v) is 2.35. The molecule has 0 aliphatic heterocycles. The fraction of sp³-hybridized carbons (Fsp3) is 0.714. The van der Waals surface area contributed by atoms with E-state index < -0.39 is 0 Å². The summed E-state index contributed by atoms with van der Waals surface area (Å²) in [5.74, 6) is 1.60. The van der Waals surface area contributed by atoms with Crippen LogP contribution < -0.4 is 10.6 Å². The minimum atomic E-state index is 0.467. The fourth-order valence-electron chi connectivity index (χ4n) is 2.35. The van der Waals surface area contributed by atoms with Gasteiger partial charge in [0, 0.05) is 13.1 Å². The first kappa shape index (κ1) is 14.1. The van der Waals surface area contributed by atoms with Gasteiger partial charge in [-0.05, 0) is 19.8 Å². The molecule has 106 valence electrons. The third-order valence-electron chi connectivity index (χ3n) is 3.31. The van der Waals surface area contributed by atoms with Crippen molar-refractivity contribution in [2.24, 2.45) is 0 Å². The number of hydrogen-bond donors (Lipinski definition) is 2. The van der Waals surface area contributed by atoms with E-state index in [2.05, 4.69) is 20.6 Å². The largest absolute Gasteiger partial charge is 0.376 e. The lowest BCUT2D eigenvalue weighted by molar-refractivity contribution is 0.0347. The van der Waals surface area contributed by atoms with E-state index in [9.17, 15) is 0 Å². The summed E-state index contributed by atoms with van der Waals surface area (Å²) in [6.07, 6.45) is 10.4. The molecular formula is C14H24N4O. The van der Waals surface area contributed by atoms with Crippen molar-refractivity contribution in [1.29, 1.82) is 0 Å². The molecule has 1 aromatic rings. The standard InChI is InChI=1S/C14H24N4O/c1-2-16-13-10-15-11-14(18-13)17-8-9-19-12-6-4-3-5-7-12/h10-12H,2-9H2,1H3,(H2,16,17,18). The van der Waals surface area contributed by atoms with E-state index in [0.29, 0.717) is 6.10 Å².